The van der Waals surface area contributed by atoms with Crippen molar-refractivity contribution >= 4 is 71.3 Å². The molecule has 1 heterocycles. The fraction of sp³-hybridized carbons (Fsp3) is 0.100. The minimum absolute atomic E-state index is 0.575. The van der Waals surface area contributed by atoms with Crippen molar-refractivity contribution in [1.82, 2.24) is 0 Å². The van der Waals surface area contributed by atoms with Crippen molar-refractivity contribution < 1.29 is 4.42 Å². The standard InChI is InChI=1S/C60H45NO/c1-2-15-40(16-3-1)49-25-12-18-43-19-13-27-54(60(43)49)52-22-7-10-29-57(52)61(56-28-9-6-21-48(56)44-34-38-59-55(39-44)53-23-8-11-30-58(53)62-59)45-35-31-42(32-36-45)47-24-14-26-50-46-20-5-4-17-41(46)33-37-51(47)50/h4-14,17-40H,1-3,15-16H2. The van der Waals surface area contributed by atoms with Crippen LogP contribution >= 0.6 is 0 Å². The smallest absolute Gasteiger partial charge is 0.135 e. The van der Waals surface area contributed by atoms with Gasteiger partial charge in [0.05, 0.1) is 11.4 Å². The Labute approximate surface area is 362 Å². The number of rotatable bonds is 7. The van der Waals surface area contributed by atoms with Gasteiger partial charge < -0.3 is 9.32 Å². The maximum atomic E-state index is 6.30. The van der Waals surface area contributed by atoms with Crippen LogP contribution in [0.1, 0.15) is 43.6 Å². The zero-order chi connectivity index (χ0) is 41.0. The molecule has 11 aromatic rings. The van der Waals surface area contributed by atoms with E-state index in [0.29, 0.717) is 5.92 Å². The summed E-state index contributed by atoms with van der Waals surface area (Å²) in [5.74, 6) is 0.575. The topological polar surface area (TPSA) is 16.4 Å². The van der Waals surface area contributed by atoms with Gasteiger partial charge in [-0.25, -0.2) is 0 Å². The summed E-state index contributed by atoms with van der Waals surface area (Å²) < 4.78 is 6.30. The lowest BCUT2D eigenvalue weighted by Crippen LogP contribution is -2.12. The number of fused-ring (bicyclic) bond motifs is 7. The Morgan fingerprint density at radius 2 is 0.984 bits per heavy atom. The van der Waals surface area contributed by atoms with Gasteiger partial charge in [-0.15, -0.1) is 0 Å². The Morgan fingerprint density at radius 3 is 1.84 bits per heavy atom. The third kappa shape index (κ3) is 6.17. The van der Waals surface area contributed by atoms with Crippen molar-refractivity contribution in [2.24, 2.45) is 0 Å². The van der Waals surface area contributed by atoms with Gasteiger partial charge in [0.25, 0.3) is 0 Å². The maximum Gasteiger partial charge on any atom is 0.135 e. The van der Waals surface area contributed by atoms with Gasteiger partial charge in [-0.1, -0.05) is 183 Å². The third-order valence-electron chi connectivity index (χ3n) is 13.5. The van der Waals surface area contributed by atoms with Crippen LogP contribution in [0.5, 0.6) is 0 Å². The van der Waals surface area contributed by atoms with Gasteiger partial charge in [-0.3, -0.25) is 0 Å². The molecular weight excluding hydrogens is 751 g/mol. The number of para-hydroxylation sites is 3. The molecular formula is C60H45NO. The van der Waals surface area contributed by atoms with Crippen LogP contribution in [0.3, 0.4) is 0 Å². The average Bonchev–Trinajstić information content (AvgIpc) is 3.72. The molecule has 0 radical (unpaired) electrons. The van der Waals surface area contributed by atoms with Crippen molar-refractivity contribution in [2.45, 2.75) is 38.0 Å². The summed E-state index contributed by atoms with van der Waals surface area (Å²) in [6.45, 7) is 0. The summed E-state index contributed by atoms with van der Waals surface area (Å²) in [7, 11) is 0. The first-order chi connectivity index (χ1) is 30.8. The van der Waals surface area contributed by atoms with E-state index < -0.39 is 0 Å². The van der Waals surface area contributed by atoms with Crippen LogP contribution < -0.4 is 4.90 Å². The summed E-state index contributed by atoms with van der Waals surface area (Å²) in [6.07, 6.45) is 6.45. The van der Waals surface area contributed by atoms with E-state index in [1.165, 1.54) is 92.2 Å². The summed E-state index contributed by atoms with van der Waals surface area (Å²) >= 11 is 0. The number of hydrogen-bond acceptors (Lipinski definition) is 2. The Morgan fingerprint density at radius 1 is 0.371 bits per heavy atom. The van der Waals surface area contributed by atoms with Gasteiger partial charge >= 0.3 is 0 Å². The van der Waals surface area contributed by atoms with Gasteiger partial charge in [-0.2, -0.15) is 0 Å². The maximum absolute atomic E-state index is 6.30. The predicted molar refractivity (Wildman–Crippen MR) is 263 cm³/mol. The molecule has 0 bridgehead atoms. The number of anilines is 3. The van der Waals surface area contributed by atoms with Crippen LogP contribution in [0.25, 0.3) is 87.6 Å². The highest BCUT2D eigenvalue weighted by molar-refractivity contribution is 6.12. The van der Waals surface area contributed by atoms with Gasteiger partial charge in [0.2, 0.25) is 0 Å². The average molecular weight is 796 g/mol. The zero-order valence-corrected chi connectivity index (χ0v) is 34.6. The lowest BCUT2D eigenvalue weighted by atomic mass is 9.80. The number of benzene rings is 10. The monoisotopic (exact) mass is 795 g/mol. The molecule has 0 unspecified atom stereocenters. The van der Waals surface area contributed by atoms with Gasteiger partial charge in [0.1, 0.15) is 11.2 Å². The highest BCUT2D eigenvalue weighted by atomic mass is 16.3. The molecule has 1 aliphatic rings. The first-order valence-electron chi connectivity index (χ1n) is 22.2. The fourth-order valence-electron chi connectivity index (χ4n) is 10.5. The normalized spacial score (nSPS) is 13.4. The molecule has 1 saturated carbocycles. The van der Waals surface area contributed by atoms with Crippen molar-refractivity contribution in [3.63, 3.8) is 0 Å². The molecule has 12 rings (SSSR count). The van der Waals surface area contributed by atoms with E-state index in [1.807, 2.05) is 6.07 Å². The fourth-order valence-corrected chi connectivity index (χ4v) is 10.5. The molecule has 1 fully saturated rings. The highest BCUT2D eigenvalue weighted by Crippen LogP contribution is 2.48. The molecule has 296 valence electrons. The molecule has 2 heteroatoms. The summed E-state index contributed by atoms with van der Waals surface area (Å²) in [6, 6.07) is 75.9. The Bertz CT molecular complexity index is 3450. The lowest BCUT2D eigenvalue weighted by molar-refractivity contribution is 0.445. The Kier molecular flexibility index (Phi) is 8.96. The van der Waals surface area contributed by atoms with Crippen LogP contribution in [-0.2, 0) is 0 Å². The van der Waals surface area contributed by atoms with E-state index in [-0.39, 0.29) is 0 Å². The highest BCUT2D eigenvalue weighted by Gasteiger charge is 2.24. The van der Waals surface area contributed by atoms with Gasteiger partial charge in [0, 0.05) is 27.6 Å². The van der Waals surface area contributed by atoms with Gasteiger partial charge in [-0.05, 0) is 121 Å². The van der Waals surface area contributed by atoms with Crippen LogP contribution in [0.15, 0.2) is 211 Å². The van der Waals surface area contributed by atoms with E-state index in [0.717, 1.165) is 50.1 Å². The number of nitrogens with zero attached hydrogens (tertiary/aromatic N) is 1. The molecule has 10 aromatic carbocycles. The van der Waals surface area contributed by atoms with E-state index >= 15 is 0 Å². The molecule has 0 atom stereocenters. The molecule has 1 aromatic heterocycles. The van der Waals surface area contributed by atoms with Crippen LogP contribution in [-0.4, -0.2) is 0 Å². The second-order valence-electron chi connectivity index (χ2n) is 17.0. The van der Waals surface area contributed by atoms with E-state index in [2.05, 4.69) is 205 Å². The van der Waals surface area contributed by atoms with Crippen molar-refractivity contribution in [3.05, 3.63) is 212 Å². The van der Waals surface area contributed by atoms with E-state index in [9.17, 15) is 0 Å². The largest absolute Gasteiger partial charge is 0.456 e. The second-order valence-corrected chi connectivity index (χ2v) is 17.0. The third-order valence-corrected chi connectivity index (χ3v) is 13.5. The van der Waals surface area contributed by atoms with Crippen molar-refractivity contribution in [2.75, 3.05) is 4.90 Å². The molecule has 0 amide bonds. The molecule has 0 spiro atoms. The summed E-state index contributed by atoms with van der Waals surface area (Å²) in [5, 5.41) is 10.0. The van der Waals surface area contributed by atoms with E-state index in [1.54, 1.807) is 0 Å². The minimum Gasteiger partial charge on any atom is -0.456 e. The van der Waals surface area contributed by atoms with Crippen molar-refractivity contribution in [3.8, 4) is 33.4 Å². The van der Waals surface area contributed by atoms with Crippen molar-refractivity contribution in [1.29, 1.82) is 0 Å². The van der Waals surface area contributed by atoms with Crippen LogP contribution in [0.2, 0.25) is 0 Å². The molecule has 1 aliphatic carbocycles. The molecule has 0 aliphatic heterocycles. The second kappa shape index (κ2) is 15.2. The lowest BCUT2D eigenvalue weighted by Gasteiger charge is -2.31. The molecule has 0 saturated heterocycles. The first-order valence-corrected chi connectivity index (χ1v) is 22.2. The minimum atomic E-state index is 0.575. The number of hydrogen-bond donors (Lipinski definition) is 0. The molecule has 2 nitrogen and oxygen atoms in total. The Hall–Kier alpha value is -7.42. The number of furan rings is 1. The molecule has 0 N–H and O–H groups in total. The van der Waals surface area contributed by atoms with Crippen LogP contribution in [0.4, 0.5) is 17.1 Å². The summed E-state index contributed by atoms with van der Waals surface area (Å²) in [4.78, 5) is 2.49. The predicted octanol–water partition coefficient (Wildman–Crippen LogP) is 17.6. The van der Waals surface area contributed by atoms with E-state index in [4.69, 9.17) is 4.42 Å². The quantitative estimate of drug-likeness (QED) is 0.149. The molecule has 62 heavy (non-hydrogen) atoms. The van der Waals surface area contributed by atoms with Crippen LogP contribution in [0, 0.1) is 0 Å². The SMILES string of the molecule is c1ccc(N(c2ccc(-c3cccc4c3ccc3ccccc34)cc2)c2ccccc2-c2cccc3cccc(C4CCCCC4)c23)c(-c2ccc3oc4ccccc4c3c2)c1. The Balaban J connectivity index is 1.06. The summed E-state index contributed by atoms with van der Waals surface area (Å²) in [5.41, 5.74) is 13.9. The first kappa shape index (κ1) is 36.4. The van der Waals surface area contributed by atoms with Gasteiger partial charge in [0.15, 0.2) is 0 Å². The zero-order valence-electron chi connectivity index (χ0n) is 34.6.